The maximum absolute atomic E-state index is 13.1. The fourth-order valence-electron chi connectivity index (χ4n) is 2.87. The standard InChI is InChI=1S/C22H21F3N4O4S/c1-3-32-17-11-7-4-8-14(17)20-27-28-21(33-20)34-13-19(31)29(2)12-18(30)26-16-10-6-5-9-15(16)22(23,24)25/h4-11H,3,12-13H2,1-2H3,(H,26,30). The Balaban J connectivity index is 1.55. The third-order valence-electron chi connectivity index (χ3n) is 4.46. The van der Waals surface area contributed by atoms with Crippen molar-refractivity contribution in [2.45, 2.75) is 18.3 Å². The summed E-state index contributed by atoms with van der Waals surface area (Å²) < 4.78 is 50.4. The second kappa shape index (κ2) is 11.1. The van der Waals surface area contributed by atoms with Gasteiger partial charge in [-0.2, -0.15) is 13.2 Å². The topological polar surface area (TPSA) is 97.6 Å². The highest BCUT2D eigenvalue weighted by atomic mass is 32.2. The smallest absolute Gasteiger partial charge is 0.418 e. The first-order chi connectivity index (χ1) is 16.2. The minimum absolute atomic E-state index is 0.113. The molecule has 0 spiro atoms. The van der Waals surface area contributed by atoms with Gasteiger partial charge in [0, 0.05) is 7.05 Å². The summed E-state index contributed by atoms with van der Waals surface area (Å²) in [4.78, 5) is 25.7. The van der Waals surface area contributed by atoms with Crippen LogP contribution in [0.25, 0.3) is 11.5 Å². The third-order valence-corrected chi connectivity index (χ3v) is 5.26. The van der Waals surface area contributed by atoms with E-state index in [2.05, 4.69) is 15.5 Å². The van der Waals surface area contributed by atoms with E-state index in [1.165, 1.54) is 19.2 Å². The van der Waals surface area contributed by atoms with E-state index in [1.54, 1.807) is 18.2 Å². The van der Waals surface area contributed by atoms with Crippen LogP contribution in [0.5, 0.6) is 5.75 Å². The number of nitrogens with zero attached hydrogens (tertiary/aromatic N) is 3. The maximum Gasteiger partial charge on any atom is 0.418 e. The normalized spacial score (nSPS) is 11.2. The zero-order valence-electron chi connectivity index (χ0n) is 18.3. The molecule has 1 N–H and O–H groups in total. The van der Waals surface area contributed by atoms with Crippen molar-refractivity contribution in [3.63, 3.8) is 0 Å². The molecule has 180 valence electrons. The Kier molecular flexibility index (Phi) is 8.16. The quantitative estimate of drug-likeness (QED) is 0.442. The number of hydrogen-bond donors (Lipinski definition) is 1. The SMILES string of the molecule is CCOc1ccccc1-c1nnc(SCC(=O)N(C)CC(=O)Nc2ccccc2C(F)(F)F)o1. The predicted molar refractivity (Wildman–Crippen MR) is 119 cm³/mol. The number of nitrogens with one attached hydrogen (secondary N) is 1. The Bertz CT molecular complexity index is 1150. The van der Waals surface area contributed by atoms with E-state index >= 15 is 0 Å². The van der Waals surface area contributed by atoms with Crippen LogP contribution in [0.3, 0.4) is 0 Å². The molecule has 0 saturated carbocycles. The number of likely N-dealkylation sites (N-methyl/N-ethyl adjacent to an activating group) is 1. The molecule has 12 heteroatoms. The molecule has 1 aromatic heterocycles. The number of aromatic nitrogens is 2. The molecule has 0 aliphatic carbocycles. The van der Waals surface area contributed by atoms with Crippen molar-refractivity contribution in [2.75, 3.05) is 31.3 Å². The van der Waals surface area contributed by atoms with Gasteiger partial charge in [-0.15, -0.1) is 10.2 Å². The molecule has 8 nitrogen and oxygen atoms in total. The van der Waals surface area contributed by atoms with Crippen LogP contribution in [0.15, 0.2) is 58.2 Å². The van der Waals surface area contributed by atoms with Gasteiger partial charge in [0.1, 0.15) is 5.75 Å². The van der Waals surface area contributed by atoms with Crippen molar-refractivity contribution in [1.29, 1.82) is 0 Å². The lowest BCUT2D eigenvalue weighted by molar-refractivity contribution is -0.137. The number of alkyl halides is 3. The van der Waals surface area contributed by atoms with E-state index in [0.29, 0.717) is 17.9 Å². The number of benzene rings is 2. The summed E-state index contributed by atoms with van der Waals surface area (Å²) >= 11 is 0.976. The number of halogens is 3. The van der Waals surface area contributed by atoms with Crippen LogP contribution in [-0.2, 0) is 15.8 Å². The van der Waals surface area contributed by atoms with E-state index in [-0.39, 0.29) is 22.6 Å². The molecule has 0 aliphatic heterocycles. The maximum atomic E-state index is 13.1. The van der Waals surface area contributed by atoms with E-state index < -0.39 is 30.1 Å². The van der Waals surface area contributed by atoms with E-state index in [1.807, 2.05) is 13.0 Å². The minimum atomic E-state index is -4.62. The minimum Gasteiger partial charge on any atom is -0.493 e. The largest absolute Gasteiger partial charge is 0.493 e. The Morgan fingerprint density at radius 3 is 2.56 bits per heavy atom. The summed E-state index contributed by atoms with van der Waals surface area (Å²) in [6.07, 6.45) is -4.62. The van der Waals surface area contributed by atoms with Gasteiger partial charge in [-0.3, -0.25) is 9.59 Å². The molecule has 0 aliphatic rings. The van der Waals surface area contributed by atoms with Crippen molar-refractivity contribution < 1.29 is 31.9 Å². The first kappa shape index (κ1) is 25.1. The number of anilines is 1. The molecule has 2 amide bonds. The third kappa shape index (κ3) is 6.50. The zero-order chi connectivity index (χ0) is 24.7. The average Bonchev–Trinajstić information content (AvgIpc) is 3.26. The van der Waals surface area contributed by atoms with Crippen LogP contribution in [-0.4, -0.2) is 52.9 Å². The highest BCUT2D eigenvalue weighted by Crippen LogP contribution is 2.34. The van der Waals surface area contributed by atoms with Gasteiger partial charge in [-0.1, -0.05) is 36.0 Å². The highest BCUT2D eigenvalue weighted by molar-refractivity contribution is 7.99. The summed E-state index contributed by atoms with van der Waals surface area (Å²) in [5.74, 6) is -0.504. The average molecular weight is 494 g/mol. The Hall–Kier alpha value is -3.54. The van der Waals surface area contributed by atoms with Crippen LogP contribution in [0.2, 0.25) is 0 Å². The lowest BCUT2D eigenvalue weighted by Gasteiger charge is -2.18. The molecule has 0 atom stereocenters. The van der Waals surface area contributed by atoms with Crippen LogP contribution < -0.4 is 10.1 Å². The Morgan fingerprint density at radius 2 is 1.82 bits per heavy atom. The van der Waals surface area contributed by atoms with E-state index in [9.17, 15) is 22.8 Å². The van der Waals surface area contributed by atoms with Crippen molar-refractivity contribution >= 4 is 29.3 Å². The lowest BCUT2D eigenvalue weighted by Crippen LogP contribution is -2.36. The lowest BCUT2D eigenvalue weighted by atomic mass is 10.1. The summed E-state index contributed by atoms with van der Waals surface area (Å²) in [5.41, 5.74) is -0.727. The Labute approximate surface area is 197 Å². The molecular formula is C22H21F3N4O4S. The number of carbonyl (C=O) groups is 2. The molecule has 0 bridgehead atoms. The number of amides is 2. The number of thioether (sulfide) groups is 1. The molecule has 0 fully saturated rings. The predicted octanol–water partition coefficient (Wildman–Crippen LogP) is 4.34. The monoisotopic (exact) mass is 494 g/mol. The number of rotatable bonds is 9. The number of para-hydroxylation sites is 2. The van der Waals surface area contributed by atoms with Crippen molar-refractivity contribution in [1.82, 2.24) is 15.1 Å². The van der Waals surface area contributed by atoms with Gasteiger partial charge >= 0.3 is 6.18 Å². The first-order valence-corrected chi connectivity index (χ1v) is 11.1. The summed E-state index contributed by atoms with van der Waals surface area (Å²) in [6, 6.07) is 11.8. The van der Waals surface area contributed by atoms with Crippen LogP contribution >= 0.6 is 11.8 Å². The van der Waals surface area contributed by atoms with Gasteiger partial charge < -0.3 is 19.4 Å². The summed E-state index contributed by atoms with van der Waals surface area (Å²) in [7, 11) is 1.37. The molecule has 0 saturated heterocycles. The van der Waals surface area contributed by atoms with Crippen molar-refractivity contribution in [2.24, 2.45) is 0 Å². The van der Waals surface area contributed by atoms with Crippen molar-refractivity contribution in [3.05, 3.63) is 54.1 Å². The van der Waals surface area contributed by atoms with Gasteiger partial charge in [-0.25, -0.2) is 0 Å². The summed E-state index contributed by atoms with van der Waals surface area (Å²) in [6.45, 7) is 1.88. The fraction of sp³-hybridized carbons (Fsp3) is 0.273. The number of carbonyl (C=O) groups excluding carboxylic acids is 2. The molecule has 2 aromatic carbocycles. The molecule has 3 aromatic rings. The van der Waals surface area contributed by atoms with Gasteiger partial charge in [0.2, 0.25) is 11.8 Å². The molecular weight excluding hydrogens is 473 g/mol. The molecule has 1 heterocycles. The van der Waals surface area contributed by atoms with Crippen LogP contribution in [0.1, 0.15) is 12.5 Å². The molecule has 34 heavy (non-hydrogen) atoms. The molecule has 0 radical (unpaired) electrons. The van der Waals surface area contributed by atoms with Crippen molar-refractivity contribution in [3.8, 4) is 17.2 Å². The second-order valence-corrected chi connectivity index (χ2v) is 7.86. The zero-order valence-corrected chi connectivity index (χ0v) is 19.1. The highest BCUT2D eigenvalue weighted by Gasteiger charge is 2.33. The fourth-order valence-corrected chi connectivity index (χ4v) is 3.57. The van der Waals surface area contributed by atoms with Gasteiger partial charge in [0.25, 0.3) is 11.1 Å². The van der Waals surface area contributed by atoms with Crippen LogP contribution in [0.4, 0.5) is 18.9 Å². The molecule has 3 rings (SSSR count). The van der Waals surface area contributed by atoms with Gasteiger partial charge in [0.15, 0.2) is 0 Å². The van der Waals surface area contributed by atoms with Gasteiger partial charge in [0.05, 0.1) is 35.7 Å². The number of hydrogen-bond acceptors (Lipinski definition) is 7. The second-order valence-electron chi connectivity index (χ2n) is 6.93. The molecule has 0 unspecified atom stereocenters. The summed E-state index contributed by atoms with van der Waals surface area (Å²) in [5, 5.41) is 10.2. The van der Waals surface area contributed by atoms with E-state index in [4.69, 9.17) is 9.15 Å². The Morgan fingerprint density at radius 1 is 1.12 bits per heavy atom. The first-order valence-electron chi connectivity index (χ1n) is 10.1. The van der Waals surface area contributed by atoms with E-state index in [0.717, 1.165) is 28.8 Å². The van der Waals surface area contributed by atoms with Crippen LogP contribution in [0, 0.1) is 0 Å². The van der Waals surface area contributed by atoms with Gasteiger partial charge in [-0.05, 0) is 31.2 Å². The number of ether oxygens (including phenoxy) is 1.